The van der Waals surface area contributed by atoms with E-state index in [0.29, 0.717) is 111 Å². The van der Waals surface area contributed by atoms with E-state index in [0.717, 1.165) is 41.7 Å². The highest BCUT2D eigenvalue weighted by molar-refractivity contribution is 6.76. The third-order valence-electron chi connectivity index (χ3n) is 13.1. The monoisotopic (exact) mass is 957 g/mol. The Labute approximate surface area is 398 Å². The van der Waals surface area contributed by atoms with Crippen LogP contribution in [-0.2, 0) is 32.0 Å². The first kappa shape index (κ1) is 49.8. The van der Waals surface area contributed by atoms with Crippen LogP contribution < -0.4 is 33.6 Å². The van der Waals surface area contributed by atoms with Crippen molar-refractivity contribution < 1.29 is 47.6 Å². The molecule has 4 aliphatic heterocycles. The first-order chi connectivity index (χ1) is 31.9. The largest absolute Gasteiger partial charge is 0.493 e. The van der Waals surface area contributed by atoms with Crippen molar-refractivity contribution in [3.63, 3.8) is 0 Å². The smallest absolute Gasteiger partial charge is 0.257 e. The zero-order chi connectivity index (χ0) is 48.2. The van der Waals surface area contributed by atoms with Gasteiger partial charge in [-0.05, 0) is 79.6 Å². The number of nitrogens with zero attached hydrogens (tertiary/aromatic N) is 5. The molecular formula is C50H71N5O10Si2. The van der Waals surface area contributed by atoms with Gasteiger partial charge in [-0.1, -0.05) is 45.3 Å². The van der Waals surface area contributed by atoms with Crippen molar-refractivity contribution in [2.24, 2.45) is 0 Å². The summed E-state index contributed by atoms with van der Waals surface area (Å²) in [6.45, 7) is 16.4. The van der Waals surface area contributed by atoms with Crippen LogP contribution in [0, 0.1) is 0 Å². The lowest BCUT2D eigenvalue weighted by atomic mass is 9.92. The molecule has 0 unspecified atom stereocenters. The molecule has 0 saturated carbocycles. The summed E-state index contributed by atoms with van der Waals surface area (Å²) in [7, 11) is 4.30. The number of fused-ring (bicyclic) bond motifs is 5. The molecule has 1 fully saturated rings. The van der Waals surface area contributed by atoms with Crippen molar-refractivity contribution in [3.8, 4) is 23.0 Å². The Balaban J connectivity index is 1.03. The lowest BCUT2D eigenvalue weighted by Crippen LogP contribution is -2.52. The molecule has 0 aliphatic carbocycles. The molecule has 17 heteroatoms. The third kappa shape index (κ3) is 11.4. The average molecular weight is 958 g/mol. The fourth-order valence-electron chi connectivity index (χ4n) is 8.97. The zero-order valence-electron chi connectivity index (χ0n) is 41.3. The molecule has 0 aromatic heterocycles. The molecule has 3 aromatic rings. The minimum Gasteiger partial charge on any atom is -0.493 e. The van der Waals surface area contributed by atoms with E-state index in [4.69, 9.17) is 28.4 Å². The molecule has 4 amide bonds. The third-order valence-corrected chi connectivity index (χ3v) is 16.5. The summed E-state index contributed by atoms with van der Waals surface area (Å²) in [6, 6.07) is 13.8. The van der Waals surface area contributed by atoms with Gasteiger partial charge in [0.25, 0.3) is 23.6 Å². The topological polar surface area (TPSA) is 140 Å². The molecule has 15 nitrogen and oxygen atoms in total. The van der Waals surface area contributed by atoms with Gasteiger partial charge in [0.2, 0.25) is 0 Å². The Bertz CT molecular complexity index is 2310. The molecule has 0 N–H and O–H groups in total. The summed E-state index contributed by atoms with van der Waals surface area (Å²) in [6.07, 6.45) is 3.91. The minimum atomic E-state index is -1.41. The van der Waals surface area contributed by atoms with Gasteiger partial charge in [-0.2, -0.15) is 0 Å². The lowest BCUT2D eigenvalue weighted by molar-refractivity contribution is -0.124. The molecule has 364 valence electrons. The van der Waals surface area contributed by atoms with E-state index in [2.05, 4.69) is 57.5 Å². The number of ether oxygens (including phenoxy) is 6. The van der Waals surface area contributed by atoms with Crippen molar-refractivity contribution in [2.75, 3.05) is 89.4 Å². The maximum absolute atomic E-state index is 14.6. The van der Waals surface area contributed by atoms with Crippen molar-refractivity contribution in [1.29, 1.82) is 0 Å². The van der Waals surface area contributed by atoms with Gasteiger partial charge in [0.1, 0.15) is 25.5 Å². The number of carbonyl (C=O) groups excluding carboxylic acids is 4. The molecule has 4 aliphatic rings. The van der Waals surface area contributed by atoms with E-state index in [1.807, 2.05) is 19.0 Å². The fourth-order valence-corrected chi connectivity index (χ4v) is 10.5. The molecule has 1 saturated heterocycles. The fraction of sp³-hybridized carbons (Fsp3) is 0.560. The number of rotatable bonds is 21. The number of amides is 4. The minimum absolute atomic E-state index is 0.0111. The molecule has 7 rings (SSSR count). The molecule has 0 bridgehead atoms. The van der Waals surface area contributed by atoms with E-state index in [1.54, 1.807) is 58.1 Å². The molecule has 0 radical (unpaired) electrons. The summed E-state index contributed by atoms with van der Waals surface area (Å²) in [5.74, 6) is 0.920. The van der Waals surface area contributed by atoms with E-state index in [1.165, 1.54) is 0 Å². The van der Waals surface area contributed by atoms with Gasteiger partial charge in [-0.3, -0.25) is 29.0 Å². The van der Waals surface area contributed by atoms with Gasteiger partial charge in [-0.15, -0.1) is 0 Å². The quantitative estimate of drug-likeness (QED) is 0.0761. The summed E-state index contributed by atoms with van der Waals surface area (Å²) >= 11 is 0. The van der Waals surface area contributed by atoms with Gasteiger partial charge in [0.15, 0.2) is 23.0 Å². The first-order valence-electron chi connectivity index (χ1n) is 23.8. The number of unbranched alkanes of at least 4 members (excludes halogenated alkanes) is 2. The Hall–Kier alpha value is -5.11. The summed E-state index contributed by atoms with van der Waals surface area (Å²) in [4.78, 5) is 65.6. The molecule has 67 heavy (non-hydrogen) atoms. The van der Waals surface area contributed by atoms with Crippen LogP contribution in [-0.4, -0.2) is 136 Å². The lowest BCUT2D eigenvalue weighted by Gasteiger charge is -2.36. The maximum atomic E-state index is 14.6. The second-order valence-electron chi connectivity index (χ2n) is 20.7. The molecule has 4 heterocycles. The number of anilines is 3. The highest BCUT2D eigenvalue weighted by atomic mass is 28.3. The molecule has 0 spiro atoms. The Morgan fingerprint density at radius 3 is 1.64 bits per heavy atom. The number of hydrogen-bond acceptors (Lipinski definition) is 11. The van der Waals surface area contributed by atoms with Gasteiger partial charge in [-0.25, -0.2) is 0 Å². The van der Waals surface area contributed by atoms with Crippen molar-refractivity contribution in [3.05, 3.63) is 64.7 Å². The molecule has 2 atom stereocenters. The second kappa shape index (κ2) is 21.0. The number of benzene rings is 3. The molecule has 3 aromatic carbocycles. The van der Waals surface area contributed by atoms with E-state index in [-0.39, 0.29) is 37.1 Å². The summed E-state index contributed by atoms with van der Waals surface area (Å²) < 4.78 is 36.5. The zero-order valence-corrected chi connectivity index (χ0v) is 43.3. The van der Waals surface area contributed by atoms with Crippen LogP contribution in [0.1, 0.15) is 63.9 Å². The Morgan fingerprint density at radius 2 is 1.13 bits per heavy atom. The van der Waals surface area contributed by atoms with Crippen LogP contribution >= 0.6 is 0 Å². The van der Waals surface area contributed by atoms with Gasteiger partial charge in [0.05, 0.1) is 49.9 Å². The number of methoxy groups -OCH3 is 2. The Morgan fingerprint density at radius 1 is 0.612 bits per heavy atom. The van der Waals surface area contributed by atoms with Crippen LogP contribution in [0.5, 0.6) is 23.0 Å². The number of carbonyl (C=O) groups is 4. The van der Waals surface area contributed by atoms with Crippen LogP contribution in [0.25, 0.3) is 0 Å². The SMILES string of the molecule is COc1cc2c(cc1OCCCCCOc1cc3c(cc1OC)C(=O)N1Cc4cc(N(C)C)ccc4C[C@H]1C(=O)N3COCC[Si](C)(C)C)N(COCC[Si](C)(C)C)C(=O)[C@@H]1CCCN1C2=O. The predicted octanol–water partition coefficient (Wildman–Crippen LogP) is 7.89. The molecular weight excluding hydrogens is 887 g/mol. The van der Waals surface area contributed by atoms with Crippen LogP contribution in [0.15, 0.2) is 42.5 Å². The maximum Gasteiger partial charge on any atom is 0.257 e. The van der Waals surface area contributed by atoms with Gasteiger partial charge < -0.3 is 43.1 Å². The van der Waals surface area contributed by atoms with E-state index >= 15 is 0 Å². The summed E-state index contributed by atoms with van der Waals surface area (Å²) in [5, 5.41) is 0. The van der Waals surface area contributed by atoms with Crippen LogP contribution in [0.4, 0.5) is 17.1 Å². The summed E-state index contributed by atoms with van der Waals surface area (Å²) in [5.41, 5.74) is 4.77. The Kier molecular flexibility index (Phi) is 15.6. The second-order valence-corrected chi connectivity index (χ2v) is 31.9. The number of hydrogen-bond donors (Lipinski definition) is 0. The van der Waals surface area contributed by atoms with Crippen molar-refractivity contribution >= 4 is 56.8 Å². The van der Waals surface area contributed by atoms with Crippen LogP contribution in [0.2, 0.25) is 51.4 Å². The first-order valence-corrected chi connectivity index (χ1v) is 31.2. The van der Waals surface area contributed by atoms with Crippen molar-refractivity contribution in [2.45, 2.75) is 109 Å². The average Bonchev–Trinajstić information content (AvgIpc) is 3.74. The van der Waals surface area contributed by atoms with Crippen molar-refractivity contribution in [1.82, 2.24) is 9.80 Å². The highest BCUT2D eigenvalue weighted by Gasteiger charge is 2.44. The highest BCUT2D eigenvalue weighted by Crippen LogP contribution is 2.42. The van der Waals surface area contributed by atoms with E-state index in [9.17, 15) is 19.2 Å². The predicted molar refractivity (Wildman–Crippen MR) is 266 cm³/mol. The van der Waals surface area contributed by atoms with E-state index < -0.39 is 28.2 Å². The standard InChI is InChI=1S/C50H71N5O10Si2/c1-51(2)36-17-16-34-26-42-50(59)55(33-63-22-24-67(8,9)10)41-30-46(44(61-4)28-38(41)48(57)53(42)31-35(34)25-36)65-20-13-11-12-19-64-45-29-40-37(27-43(45)60-3)47(56)52-18-14-15-39(52)49(58)54(40)32-62-21-23-66(5,6)7/h16-17,25,27-30,39,42H,11-15,18-24,26,31-33H2,1-10H3/t39-,42-/m0/s1. The normalized spacial score (nSPS) is 18.2. The van der Waals surface area contributed by atoms with Gasteiger partial charge in [0, 0.05) is 80.8 Å². The van der Waals surface area contributed by atoms with Gasteiger partial charge >= 0.3 is 0 Å². The van der Waals surface area contributed by atoms with Crippen LogP contribution in [0.3, 0.4) is 0 Å².